The summed E-state index contributed by atoms with van der Waals surface area (Å²) >= 11 is 0. The van der Waals surface area contributed by atoms with E-state index in [9.17, 15) is 14.9 Å². The molecule has 0 saturated carbocycles. The van der Waals surface area contributed by atoms with Gasteiger partial charge in [0.2, 0.25) is 0 Å². The van der Waals surface area contributed by atoms with Gasteiger partial charge in [0.05, 0.1) is 11.3 Å². The van der Waals surface area contributed by atoms with E-state index in [1.54, 1.807) is 18.2 Å². The van der Waals surface area contributed by atoms with Crippen LogP contribution in [0, 0.1) is 15.5 Å². The summed E-state index contributed by atoms with van der Waals surface area (Å²) in [5, 5.41) is 22.8. The van der Waals surface area contributed by atoms with Gasteiger partial charge >= 0.3 is 5.97 Å². The van der Waals surface area contributed by atoms with Crippen molar-refractivity contribution in [3.8, 4) is 0 Å². The molecule has 6 nitrogen and oxygen atoms in total. The first-order valence-corrected chi connectivity index (χ1v) is 5.93. The molecule has 0 radical (unpaired) electrons. The molecule has 0 saturated heterocycles. The molecule has 6 heteroatoms. The van der Waals surface area contributed by atoms with E-state index in [0.29, 0.717) is 5.69 Å². The van der Waals surface area contributed by atoms with Crippen LogP contribution >= 0.6 is 0 Å². The van der Waals surface area contributed by atoms with Crippen molar-refractivity contribution in [1.82, 2.24) is 0 Å². The number of para-hydroxylation sites is 2. The predicted octanol–water partition coefficient (Wildman–Crippen LogP) is 2.90. The molecule has 0 aliphatic carbocycles. The van der Waals surface area contributed by atoms with Crippen molar-refractivity contribution in [1.29, 1.82) is 0 Å². The molecule has 0 spiro atoms. The Balaban J connectivity index is 3.03. The molecular weight excluding hydrogens is 248 g/mol. The normalized spacial score (nSPS) is 12.8. The van der Waals surface area contributed by atoms with E-state index in [1.807, 2.05) is 20.8 Å². The number of nitrogens with zero attached hydrogens (tertiary/aromatic N) is 1. The first kappa shape index (κ1) is 14.9. The van der Waals surface area contributed by atoms with Crippen LogP contribution in [-0.2, 0) is 4.79 Å². The molecule has 0 fully saturated rings. The second kappa shape index (κ2) is 5.69. The van der Waals surface area contributed by atoms with Gasteiger partial charge in [-0.1, -0.05) is 32.9 Å². The number of nitro benzene ring substituents is 1. The Labute approximate surface area is 111 Å². The molecule has 1 aromatic carbocycles. The number of aliphatic carboxylic acids is 1. The fourth-order valence-corrected chi connectivity index (χ4v) is 1.69. The zero-order chi connectivity index (χ0) is 14.6. The van der Waals surface area contributed by atoms with Crippen LogP contribution in [0.5, 0.6) is 0 Å². The molecule has 1 atom stereocenters. The fourth-order valence-electron chi connectivity index (χ4n) is 1.69. The van der Waals surface area contributed by atoms with Gasteiger partial charge in [0.1, 0.15) is 5.69 Å². The Morgan fingerprint density at radius 3 is 2.47 bits per heavy atom. The molecule has 0 amide bonds. The number of carboxylic acid groups (broad SMARTS) is 1. The van der Waals surface area contributed by atoms with Crippen LogP contribution in [-0.4, -0.2) is 22.0 Å². The van der Waals surface area contributed by atoms with Crippen LogP contribution in [0.1, 0.15) is 27.2 Å². The molecule has 1 unspecified atom stereocenters. The number of anilines is 1. The zero-order valence-electron chi connectivity index (χ0n) is 11.2. The Kier molecular flexibility index (Phi) is 4.47. The standard InChI is InChI=1S/C13H18N2O4/c1-13(2,3)11(8-12(16)17)14-9-6-4-5-7-10(9)15(18)19/h4-7,11,14H,8H2,1-3H3,(H,16,17). The number of rotatable bonds is 5. The van der Waals surface area contributed by atoms with E-state index in [1.165, 1.54) is 6.07 Å². The minimum atomic E-state index is -0.939. The number of hydrogen-bond donors (Lipinski definition) is 2. The zero-order valence-corrected chi connectivity index (χ0v) is 11.2. The van der Waals surface area contributed by atoms with Crippen molar-refractivity contribution < 1.29 is 14.8 Å². The van der Waals surface area contributed by atoms with E-state index in [-0.39, 0.29) is 17.5 Å². The van der Waals surface area contributed by atoms with Crippen LogP contribution in [0.15, 0.2) is 24.3 Å². The van der Waals surface area contributed by atoms with E-state index in [2.05, 4.69) is 5.32 Å². The molecule has 2 N–H and O–H groups in total. The average Bonchev–Trinajstić information content (AvgIpc) is 2.26. The van der Waals surface area contributed by atoms with Gasteiger partial charge in [0, 0.05) is 12.1 Å². The van der Waals surface area contributed by atoms with Crippen molar-refractivity contribution in [3.05, 3.63) is 34.4 Å². The lowest BCUT2D eigenvalue weighted by atomic mass is 9.84. The number of hydrogen-bond acceptors (Lipinski definition) is 4. The summed E-state index contributed by atoms with van der Waals surface area (Å²) in [5.41, 5.74) is -0.0435. The van der Waals surface area contributed by atoms with Crippen LogP contribution < -0.4 is 5.32 Å². The second-order valence-electron chi connectivity index (χ2n) is 5.44. The highest BCUT2D eigenvalue weighted by molar-refractivity contribution is 5.69. The lowest BCUT2D eigenvalue weighted by molar-refractivity contribution is -0.384. The number of carboxylic acids is 1. The van der Waals surface area contributed by atoms with Gasteiger partial charge in [0.25, 0.3) is 5.69 Å². The molecule has 1 aromatic rings. The third-order valence-electron chi connectivity index (χ3n) is 2.85. The van der Waals surface area contributed by atoms with Crippen LogP contribution in [0.4, 0.5) is 11.4 Å². The predicted molar refractivity (Wildman–Crippen MR) is 72.2 cm³/mol. The third kappa shape index (κ3) is 4.24. The van der Waals surface area contributed by atoms with Crippen LogP contribution in [0.2, 0.25) is 0 Å². The van der Waals surface area contributed by atoms with Crippen molar-refractivity contribution in [2.75, 3.05) is 5.32 Å². The van der Waals surface area contributed by atoms with Crippen molar-refractivity contribution in [2.24, 2.45) is 5.41 Å². The molecule has 0 aromatic heterocycles. The van der Waals surface area contributed by atoms with Gasteiger partial charge in [-0.15, -0.1) is 0 Å². The average molecular weight is 266 g/mol. The van der Waals surface area contributed by atoms with Gasteiger partial charge in [-0.05, 0) is 11.5 Å². The number of nitro groups is 1. The monoisotopic (exact) mass is 266 g/mol. The minimum Gasteiger partial charge on any atom is -0.481 e. The van der Waals surface area contributed by atoms with Crippen LogP contribution in [0.3, 0.4) is 0 Å². The van der Waals surface area contributed by atoms with Gasteiger partial charge in [-0.25, -0.2) is 0 Å². The summed E-state index contributed by atoms with van der Waals surface area (Å²) < 4.78 is 0. The van der Waals surface area contributed by atoms with Crippen molar-refractivity contribution in [2.45, 2.75) is 33.2 Å². The highest BCUT2D eigenvalue weighted by Gasteiger charge is 2.28. The Morgan fingerprint density at radius 1 is 1.42 bits per heavy atom. The molecule has 0 bridgehead atoms. The first-order valence-electron chi connectivity index (χ1n) is 5.93. The summed E-state index contributed by atoms with van der Waals surface area (Å²) in [6.07, 6.45) is -0.102. The lowest BCUT2D eigenvalue weighted by Crippen LogP contribution is -2.36. The Morgan fingerprint density at radius 2 is 2.00 bits per heavy atom. The van der Waals surface area contributed by atoms with Crippen molar-refractivity contribution in [3.63, 3.8) is 0 Å². The summed E-state index contributed by atoms with van der Waals surface area (Å²) in [6.45, 7) is 5.67. The van der Waals surface area contributed by atoms with Gasteiger partial charge < -0.3 is 10.4 Å². The molecular formula is C13H18N2O4. The maximum absolute atomic E-state index is 10.9. The quantitative estimate of drug-likeness (QED) is 0.631. The van der Waals surface area contributed by atoms with E-state index in [4.69, 9.17) is 5.11 Å². The Hall–Kier alpha value is -2.11. The Bertz CT molecular complexity index is 480. The molecule has 19 heavy (non-hydrogen) atoms. The minimum absolute atomic E-state index is 0.0536. The number of carbonyl (C=O) groups is 1. The number of benzene rings is 1. The van der Waals surface area contributed by atoms with E-state index in [0.717, 1.165) is 0 Å². The van der Waals surface area contributed by atoms with E-state index < -0.39 is 16.9 Å². The SMILES string of the molecule is CC(C)(C)C(CC(=O)O)Nc1ccccc1[N+](=O)[O-]. The smallest absolute Gasteiger partial charge is 0.305 e. The van der Waals surface area contributed by atoms with Crippen LogP contribution in [0.25, 0.3) is 0 Å². The topological polar surface area (TPSA) is 92.5 Å². The molecule has 0 heterocycles. The highest BCUT2D eigenvalue weighted by Crippen LogP contribution is 2.30. The maximum atomic E-state index is 10.9. The van der Waals surface area contributed by atoms with Crippen molar-refractivity contribution >= 4 is 17.3 Å². The highest BCUT2D eigenvalue weighted by atomic mass is 16.6. The maximum Gasteiger partial charge on any atom is 0.305 e. The van der Waals surface area contributed by atoms with Gasteiger partial charge in [-0.2, -0.15) is 0 Å². The molecule has 1 rings (SSSR count). The number of nitrogens with one attached hydrogen (secondary N) is 1. The molecule has 0 aliphatic heterocycles. The third-order valence-corrected chi connectivity index (χ3v) is 2.85. The summed E-state index contributed by atoms with van der Waals surface area (Å²) in [7, 11) is 0. The lowest BCUT2D eigenvalue weighted by Gasteiger charge is -2.31. The van der Waals surface area contributed by atoms with Gasteiger partial charge in [0.15, 0.2) is 0 Å². The second-order valence-corrected chi connectivity index (χ2v) is 5.44. The molecule has 104 valence electrons. The summed E-state index contributed by atoms with van der Waals surface area (Å²) in [4.78, 5) is 21.3. The fraction of sp³-hybridized carbons (Fsp3) is 0.462. The summed E-state index contributed by atoms with van der Waals surface area (Å²) in [6, 6.07) is 5.83. The first-order chi connectivity index (χ1) is 8.71. The van der Waals surface area contributed by atoms with E-state index >= 15 is 0 Å². The molecule has 0 aliphatic rings. The summed E-state index contributed by atoms with van der Waals surface area (Å²) in [5.74, 6) is -0.939. The largest absolute Gasteiger partial charge is 0.481 e. The van der Waals surface area contributed by atoms with Gasteiger partial charge in [-0.3, -0.25) is 14.9 Å².